The third-order valence-corrected chi connectivity index (χ3v) is 4.38. The Kier molecular flexibility index (Phi) is 4.37. The summed E-state index contributed by atoms with van der Waals surface area (Å²) in [5.41, 5.74) is -0.682. The first-order valence-electron chi connectivity index (χ1n) is 7.88. The van der Waals surface area contributed by atoms with Crippen molar-refractivity contribution in [3.8, 4) is 5.75 Å². The maximum absolute atomic E-state index is 12.8. The largest absolute Gasteiger partial charge is 0.495 e. The minimum Gasteiger partial charge on any atom is -0.495 e. The molecule has 26 heavy (non-hydrogen) atoms. The maximum Gasteiger partial charge on any atom is 0.332 e. The molecule has 136 valence electrons. The lowest BCUT2D eigenvalue weighted by Gasteiger charge is -2.26. The number of hydrogen-bond acceptors (Lipinski definition) is 5. The van der Waals surface area contributed by atoms with Gasteiger partial charge in [0.1, 0.15) is 11.6 Å². The summed E-state index contributed by atoms with van der Waals surface area (Å²) >= 11 is 0. The Morgan fingerprint density at radius 3 is 2.58 bits per heavy atom. The number of carbonyl (C=O) groups is 2. The molecule has 1 unspecified atom stereocenters. The molecular weight excluding hydrogens is 340 g/mol. The van der Waals surface area contributed by atoms with Crippen LogP contribution in [-0.4, -0.2) is 28.1 Å². The van der Waals surface area contributed by atoms with Gasteiger partial charge in [-0.3, -0.25) is 23.5 Å². The number of nitrogens with one attached hydrogen (secondary N) is 2. The highest BCUT2D eigenvalue weighted by atomic mass is 16.5. The van der Waals surface area contributed by atoms with E-state index in [1.165, 1.54) is 21.2 Å². The fraction of sp³-hybridized carbons (Fsp3) is 0.294. The van der Waals surface area contributed by atoms with E-state index in [4.69, 9.17) is 4.74 Å². The number of aromatic nitrogens is 2. The molecule has 2 amide bonds. The van der Waals surface area contributed by atoms with Gasteiger partial charge in [0.15, 0.2) is 0 Å². The van der Waals surface area contributed by atoms with E-state index < -0.39 is 29.0 Å². The molecule has 2 heterocycles. The number of amides is 2. The van der Waals surface area contributed by atoms with Gasteiger partial charge >= 0.3 is 5.69 Å². The topological polar surface area (TPSA) is 111 Å². The fourth-order valence-electron chi connectivity index (χ4n) is 3.00. The van der Waals surface area contributed by atoms with Crippen molar-refractivity contribution in [3.05, 3.63) is 50.7 Å². The predicted octanol–water partition coefficient (Wildman–Crippen LogP) is 0.157. The first-order valence-corrected chi connectivity index (χ1v) is 7.88. The van der Waals surface area contributed by atoms with Crippen LogP contribution in [0.5, 0.6) is 5.75 Å². The highest BCUT2D eigenvalue weighted by Crippen LogP contribution is 2.31. The van der Waals surface area contributed by atoms with Gasteiger partial charge < -0.3 is 15.4 Å². The van der Waals surface area contributed by atoms with Crippen LogP contribution in [0.2, 0.25) is 0 Å². The first kappa shape index (κ1) is 17.5. The number of nitrogens with zero attached hydrogens (tertiary/aromatic N) is 2. The van der Waals surface area contributed by atoms with Crippen LogP contribution >= 0.6 is 0 Å². The molecule has 9 heteroatoms. The van der Waals surface area contributed by atoms with Gasteiger partial charge in [-0.25, -0.2) is 4.79 Å². The summed E-state index contributed by atoms with van der Waals surface area (Å²) < 4.78 is 7.26. The SMILES string of the molecule is COc1ccccc1NC(=O)C1CC(=O)Nc2c1c(=O)n(C)c(=O)n2C. The molecule has 0 aliphatic carbocycles. The molecule has 1 aliphatic rings. The minimum atomic E-state index is -1.02. The van der Waals surface area contributed by atoms with E-state index in [9.17, 15) is 19.2 Å². The van der Waals surface area contributed by atoms with Crippen molar-refractivity contribution < 1.29 is 14.3 Å². The van der Waals surface area contributed by atoms with Crippen molar-refractivity contribution in [2.75, 3.05) is 17.7 Å². The average molecular weight is 358 g/mol. The number of methoxy groups -OCH3 is 1. The summed E-state index contributed by atoms with van der Waals surface area (Å²) in [6, 6.07) is 6.81. The number of carbonyl (C=O) groups excluding carboxylic acids is 2. The molecule has 0 saturated carbocycles. The van der Waals surface area contributed by atoms with E-state index in [1.807, 2.05) is 0 Å². The lowest BCUT2D eigenvalue weighted by molar-refractivity contribution is -0.123. The third-order valence-electron chi connectivity index (χ3n) is 4.38. The molecule has 3 rings (SSSR count). The van der Waals surface area contributed by atoms with Gasteiger partial charge in [-0.15, -0.1) is 0 Å². The van der Waals surface area contributed by atoms with Gasteiger partial charge in [0, 0.05) is 20.5 Å². The monoisotopic (exact) mass is 358 g/mol. The van der Waals surface area contributed by atoms with Crippen LogP contribution in [0.25, 0.3) is 0 Å². The summed E-state index contributed by atoms with van der Waals surface area (Å²) in [6.45, 7) is 0. The quantitative estimate of drug-likeness (QED) is 0.812. The highest BCUT2D eigenvalue weighted by molar-refractivity contribution is 6.04. The molecule has 1 aromatic heterocycles. The van der Waals surface area contributed by atoms with Crippen molar-refractivity contribution >= 4 is 23.3 Å². The summed E-state index contributed by atoms with van der Waals surface area (Å²) in [6.07, 6.45) is -0.193. The predicted molar refractivity (Wildman–Crippen MR) is 94.5 cm³/mol. The summed E-state index contributed by atoms with van der Waals surface area (Å²) in [5.74, 6) is -1.49. The third kappa shape index (κ3) is 2.77. The van der Waals surface area contributed by atoms with E-state index in [1.54, 1.807) is 24.3 Å². The fourth-order valence-corrected chi connectivity index (χ4v) is 3.00. The van der Waals surface area contributed by atoms with Crippen LogP contribution in [0.1, 0.15) is 17.9 Å². The summed E-state index contributed by atoms with van der Waals surface area (Å²) in [5, 5.41) is 5.21. The zero-order valence-electron chi connectivity index (χ0n) is 14.5. The molecule has 0 radical (unpaired) electrons. The number of ether oxygens (including phenoxy) is 1. The van der Waals surface area contributed by atoms with Crippen LogP contribution in [-0.2, 0) is 23.7 Å². The highest BCUT2D eigenvalue weighted by Gasteiger charge is 2.36. The van der Waals surface area contributed by atoms with Crippen molar-refractivity contribution in [3.63, 3.8) is 0 Å². The molecule has 1 aromatic carbocycles. The van der Waals surface area contributed by atoms with Crippen molar-refractivity contribution in [1.29, 1.82) is 0 Å². The second-order valence-corrected chi connectivity index (χ2v) is 5.96. The molecule has 0 bridgehead atoms. The van der Waals surface area contributed by atoms with Gasteiger partial charge in [0.2, 0.25) is 11.8 Å². The Labute approximate surface area is 148 Å². The van der Waals surface area contributed by atoms with E-state index >= 15 is 0 Å². The molecule has 9 nitrogen and oxygen atoms in total. The molecule has 1 atom stereocenters. The Bertz CT molecular complexity index is 1020. The molecule has 2 aromatic rings. The summed E-state index contributed by atoms with van der Waals surface area (Å²) in [7, 11) is 4.23. The summed E-state index contributed by atoms with van der Waals surface area (Å²) in [4.78, 5) is 49.5. The standard InChI is InChI=1S/C17H18N4O5/c1-20-14-13(16(24)21(2)17(20)25)9(8-12(22)19-14)15(23)18-10-6-4-5-7-11(10)26-3/h4-7,9H,8H2,1-3H3,(H,18,23)(H,19,22). The minimum absolute atomic E-state index is 0.0505. The van der Waals surface area contributed by atoms with Crippen LogP contribution < -0.4 is 26.6 Å². The van der Waals surface area contributed by atoms with Gasteiger partial charge in [0.25, 0.3) is 5.56 Å². The van der Waals surface area contributed by atoms with Crippen LogP contribution in [0.3, 0.4) is 0 Å². The number of anilines is 2. The lowest BCUT2D eigenvalue weighted by atomic mass is 9.92. The van der Waals surface area contributed by atoms with Crippen LogP contribution in [0, 0.1) is 0 Å². The Hall–Kier alpha value is -3.36. The lowest BCUT2D eigenvalue weighted by Crippen LogP contribution is -2.45. The number of fused-ring (bicyclic) bond motifs is 1. The van der Waals surface area contributed by atoms with E-state index in [-0.39, 0.29) is 17.8 Å². The Morgan fingerprint density at radius 1 is 1.19 bits per heavy atom. The number of rotatable bonds is 3. The second kappa shape index (κ2) is 6.51. The molecular formula is C17H18N4O5. The zero-order valence-corrected chi connectivity index (χ0v) is 14.5. The van der Waals surface area contributed by atoms with Crippen molar-refractivity contribution in [2.45, 2.75) is 12.3 Å². The molecule has 0 saturated heterocycles. The zero-order chi connectivity index (χ0) is 19.0. The molecule has 0 spiro atoms. The maximum atomic E-state index is 12.8. The molecule has 2 N–H and O–H groups in total. The van der Waals surface area contributed by atoms with Crippen molar-refractivity contribution in [2.24, 2.45) is 14.1 Å². The number of hydrogen-bond donors (Lipinski definition) is 2. The smallest absolute Gasteiger partial charge is 0.332 e. The van der Waals surface area contributed by atoms with E-state index in [2.05, 4.69) is 10.6 Å². The normalized spacial score (nSPS) is 15.8. The van der Waals surface area contributed by atoms with Crippen molar-refractivity contribution in [1.82, 2.24) is 9.13 Å². The first-order chi connectivity index (χ1) is 12.3. The van der Waals surface area contributed by atoms with Crippen LogP contribution in [0.15, 0.2) is 33.9 Å². The Morgan fingerprint density at radius 2 is 1.88 bits per heavy atom. The van der Waals surface area contributed by atoms with Crippen LogP contribution in [0.4, 0.5) is 11.5 Å². The van der Waals surface area contributed by atoms with E-state index in [0.717, 1.165) is 9.13 Å². The van der Waals surface area contributed by atoms with Gasteiger partial charge in [-0.2, -0.15) is 0 Å². The van der Waals surface area contributed by atoms with Gasteiger partial charge in [-0.1, -0.05) is 12.1 Å². The Balaban J connectivity index is 2.08. The molecule has 0 fully saturated rings. The van der Waals surface area contributed by atoms with Gasteiger partial charge in [-0.05, 0) is 12.1 Å². The van der Waals surface area contributed by atoms with Gasteiger partial charge in [0.05, 0.1) is 24.3 Å². The molecule has 1 aliphatic heterocycles. The number of benzene rings is 1. The average Bonchev–Trinajstić information content (AvgIpc) is 2.64. The number of para-hydroxylation sites is 2. The second-order valence-electron chi connectivity index (χ2n) is 5.96. The van der Waals surface area contributed by atoms with E-state index in [0.29, 0.717) is 11.4 Å².